The minimum Gasteiger partial charge on any atom is -0.324 e. The zero-order valence-electron chi connectivity index (χ0n) is 20.4. The van der Waals surface area contributed by atoms with Gasteiger partial charge in [-0.25, -0.2) is 4.79 Å². The Morgan fingerprint density at radius 3 is 1.64 bits per heavy atom. The van der Waals surface area contributed by atoms with Gasteiger partial charge in [0.1, 0.15) is 0 Å². The molecule has 0 saturated heterocycles. The second kappa shape index (κ2) is 12.2. The summed E-state index contributed by atoms with van der Waals surface area (Å²) in [4.78, 5) is 31.9. The number of benzene rings is 3. The van der Waals surface area contributed by atoms with Gasteiger partial charge in [0.25, 0.3) is 0 Å². The zero-order chi connectivity index (χ0) is 25.4. The van der Waals surface area contributed by atoms with Gasteiger partial charge in [-0.2, -0.15) is 0 Å². The van der Waals surface area contributed by atoms with Crippen LogP contribution in [0.1, 0.15) is 38.5 Å². The van der Waals surface area contributed by atoms with Gasteiger partial charge in [0.05, 0.1) is 17.1 Å². The average molecular weight is 505 g/mol. The van der Waals surface area contributed by atoms with E-state index in [0.29, 0.717) is 13.0 Å². The molecule has 6 nitrogen and oxygen atoms in total. The van der Waals surface area contributed by atoms with Crippen LogP contribution in [0, 0.1) is 0 Å². The monoisotopic (exact) mass is 504 g/mol. The summed E-state index contributed by atoms with van der Waals surface area (Å²) in [6.45, 7) is 0.602. The maximum atomic E-state index is 13.9. The van der Waals surface area contributed by atoms with Crippen molar-refractivity contribution in [2.24, 2.45) is 0 Å². The molecule has 0 aliphatic heterocycles. The van der Waals surface area contributed by atoms with E-state index in [1.807, 2.05) is 100 Å². The van der Waals surface area contributed by atoms with E-state index in [1.54, 1.807) is 0 Å². The second-order valence-electron chi connectivity index (χ2n) is 9.04. The first-order valence-corrected chi connectivity index (χ1v) is 14.3. The van der Waals surface area contributed by atoms with E-state index in [2.05, 4.69) is 0 Å². The third-order valence-corrected chi connectivity index (χ3v) is 7.23. The lowest BCUT2D eigenvalue weighted by molar-refractivity contribution is 0.370. The maximum Gasteiger partial charge on any atom is 0.333 e. The highest BCUT2D eigenvalue weighted by Gasteiger charge is 2.23. The second-order valence-corrected chi connectivity index (χ2v) is 10.8. The normalized spacial score (nSPS) is 11.6. The van der Waals surface area contributed by atoms with Crippen LogP contribution in [0.4, 0.5) is 0 Å². The first-order chi connectivity index (χ1) is 17.5. The highest BCUT2D eigenvalue weighted by atomic mass is 31.2. The van der Waals surface area contributed by atoms with Crippen LogP contribution >= 0.6 is 7.60 Å². The molecule has 1 aromatic heterocycles. The van der Waals surface area contributed by atoms with Gasteiger partial charge in [-0.05, 0) is 25.0 Å². The fourth-order valence-electron chi connectivity index (χ4n) is 4.62. The quantitative estimate of drug-likeness (QED) is 0.171. The molecule has 3 aromatic carbocycles. The Kier molecular flexibility index (Phi) is 8.76. The van der Waals surface area contributed by atoms with Crippen LogP contribution in [0.5, 0.6) is 0 Å². The largest absolute Gasteiger partial charge is 0.333 e. The molecule has 0 saturated carbocycles. The molecule has 188 valence electrons. The Morgan fingerprint density at radius 1 is 0.611 bits per heavy atom. The third kappa shape index (κ3) is 6.52. The molecule has 36 heavy (non-hydrogen) atoms. The first kappa shape index (κ1) is 25.9. The lowest BCUT2D eigenvalue weighted by Gasteiger charge is -2.12. The molecule has 4 rings (SSSR count). The van der Waals surface area contributed by atoms with E-state index in [-0.39, 0.29) is 11.9 Å². The van der Waals surface area contributed by atoms with Gasteiger partial charge in [0.2, 0.25) is 0 Å². The average Bonchev–Trinajstić information content (AvgIpc) is 3.18. The van der Waals surface area contributed by atoms with E-state index in [9.17, 15) is 9.36 Å². The summed E-state index contributed by atoms with van der Waals surface area (Å²) in [7, 11) is -3.90. The smallest absolute Gasteiger partial charge is 0.324 e. The summed E-state index contributed by atoms with van der Waals surface area (Å²) in [5.74, 6) is 0. The zero-order valence-corrected chi connectivity index (χ0v) is 21.3. The molecule has 7 heteroatoms. The number of aromatic nitrogens is 2. The van der Waals surface area contributed by atoms with E-state index >= 15 is 0 Å². The maximum absolute atomic E-state index is 13.9. The Balaban J connectivity index is 1.64. The van der Waals surface area contributed by atoms with E-state index in [1.165, 1.54) is 0 Å². The Hall–Kier alpha value is -3.18. The van der Waals surface area contributed by atoms with Gasteiger partial charge in [0.15, 0.2) is 0 Å². The van der Waals surface area contributed by atoms with Crippen LogP contribution in [-0.2, 0) is 11.1 Å². The van der Waals surface area contributed by atoms with Crippen LogP contribution in [0.2, 0.25) is 0 Å². The molecule has 0 aliphatic carbocycles. The van der Waals surface area contributed by atoms with Crippen molar-refractivity contribution in [3.63, 3.8) is 0 Å². The number of hydrogen-bond donors (Lipinski definition) is 2. The van der Waals surface area contributed by atoms with Gasteiger partial charge in [-0.1, -0.05) is 105 Å². The van der Waals surface area contributed by atoms with Crippen molar-refractivity contribution >= 4 is 7.60 Å². The van der Waals surface area contributed by atoms with Crippen molar-refractivity contribution in [1.82, 2.24) is 9.13 Å². The molecule has 0 atom stereocenters. The molecule has 2 N–H and O–H groups in total. The minimum atomic E-state index is -3.90. The van der Waals surface area contributed by atoms with Crippen molar-refractivity contribution < 1.29 is 14.4 Å². The van der Waals surface area contributed by atoms with E-state index < -0.39 is 7.60 Å². The molecule has 0 aliphatic rings. The van der Waals surface area contributed by atoms with Crippen molar-refractivity contribution in [2.45, 2.75) is 45.1 Å². The minimum absolute atomic E-state index is 0.0436. The molecule has 0 bridgehead atoms. The van der Waals surface area contributed by atoms with Gasteiger partial charge in [-0.15, -0.1) is 0 Å². The summed E-state index contributed by atoms with van der Waals surface area (Å²) in [5.41, 5.74) is 4.57. The number of nitrogens with zero attached hydrogens (tertiary/aromatic N) is 2. The first-order valence-electron chi connectivity index (χ1n) is 12.5. The Bertz CT molecular complexity index is 1340. The number of unbranched alkanes of at least 4 members (excludes halogenated alkanes) is 5. The highest BCUT2D eigenvalue weighted by Crippen LogP contribution is 2.36. The summed E-state index contributed by atoms with van der Waals surface area (Å²) >= 11 is 0. The van der Waals surface area contributed by atoms with Crippen molar-refractivity contribution in [2.75, 3.05) is 6.16 Å². The highest BCUT2D eigenvalue weighted by molar-refractivity contribution is 7.51. The Morgan fingerprint density at radius 2 is 1.08 bits per heavy atom. The predicted molar refractivity (Wildman–Crippen MR) is 146 cm³/mol. The van der Waals surface area contributed by atoms with Crippen LogP contribution < -0.4 is 5.69 Å². The standard InChI is InChI=1S/C29H33N2O4P/c32-29-30(22-14-3-1-2-4-15-23-36(33,34)35)27(24-16-8-5-9-17-24)28(25-18-10-6-11-19-25)31(29)26-20-12-7-13-21-26/h5-13,16-21H,1-4,14-15,22-23H2,(H2,33,34,35). The molecular formula is C29H33N2O4P. The van der Waals surface area contributed by atoms with Crippen LogP contribution in [0.15, 0.2) is 95.8 Å². The van der Waals surface area contributed by atoms with Gasteiger partial charge in [-0.3, -0.25) is 13.7 Å². The molecule has 0 fully saturated rings. The Labute approximate surface area is 212 Å². The van der Waals surface area contributed by atoms with Gasteiger partial charge >= 0.3 is 13.3 Å². The third-order valence-electron chi connectivity index (χ3n) is 6.33. The number of para-hydroxylation sites is 1. The molecule has 0 amide bonds. The lowest BCUT2D eigenvalue weighted by atomic mass is 10.0. The van der Waals surface area contributed by atoms with Crippen molar-refractivity contribution in [1.29, 1.82) is 0 Å². The molecule has 0 spiro atoms. The molecule has 4 aromatic rings. The predicted octanol–water partition coefficient (Wildman–Crippen LogP) is 6.49. The van der Waals surface area contributed by atoms with Gasteiger partial charge < -0.3 is 9.79 Å². The van der Waals surface area contributed by atoms with Crippen LogP contribution in [0.25, 0.3) is 28.2 Å². The van der Waals surface area contributed by atoms with E-state index in [4.69, 9.17) is 9.79 Å². The topological polar surface area (TPSA) is 84.5 Å². The summed E-state index contributed by atoms with van der Waals surface area (Å²) in [6.07, 6.45) is 5.02. The number of rotatable bonds is 12. The van der Waals surface area contributed by atoms with Gasteiger partial charge in [0, 0.05) is 23.8 Å². The van der Waals surface area contributed by atoms with Crippen molar-refractivity contribution in [3.8, 4) is 28.2 Å². The molecule has 1 heterocycles. The molecular weight excluding hydrogens is 471 g/mol. The summed E-state index contributed by atoms with van der Waals surface area (Å²) in [6, 6.07) is 29.9. The summed E-state index contributed by atoms with van der Waals surface area (Å²) in [5, 5.41) is 0. The van der Waals surface area contributed by atoms with Crippen LogP contribution in [-0.4, -0.2) is 25.1 Å². The molecule has 0 radical (unpaired) electrons. The molecule has 0 unspecified atom stereocenters. The van der Waals surface area contributed by atoms with Crippen molar-refractivity contribution in [3.05, 3.63) is 101 Å². The number of hydrogen-bond acceptors (Lipinski definition) is 2. The SMILES string of the molecule is O=c1n(CCCCCCCCP(=O)(O)O)c(-c2ccccc2)c(-c2ccccc2)n1-c1ccccc1. The number of imidazole rings is 1. The van der Waals surface area contributed by atoms with Crippen LogP contribution in [0.3, 0.4) is 0 Å². The fourth-order valence-corrected chi connectivity index (χ4v) is 5.25. The van der Waals surface area contributed by atoms with E-state index in [0.717, 1.165) is 60.3 Å². The fraction of sp³-hybridized carbons (Fsp3) is 0.276. The summed E-state index contributed by atoms with van der Waals surface area (Å²) < 4.78 is 14.7. The lowest BCUT2D eigenvalue weighted by Crippen LogP contribution is -2.24.